The molecule has 0 bridgehead atoms. The molecular formula is C23H23N7O. The van der Waals surface area contributed by atoms with E-state index in [1.165, 1.54) is 0 Å². The molecule has 4 heterocycles. The minimum atomic E-state index is -0.154. The lowest BCUT2D eigenvalue weighted by Crippen LogP contribution is -2.52. The predicted molar refractivity (Wildman–Crippen MR) is 118 cm³/mol. The molecule has 5 rings (SSSR count). The number of hydrogen-bond acceptors (Lipinski definition) is 7. The highest BCUT2D eigenvalue weighted by Gasteiger charge is 2.27. The molecule has 1 atom stereocenters. The van der Waals surface area contributed by atoms with Gasteiger partial charge in [0.25, 0.3) is 5.78 Å². The molecule has 31 heavy (non-hydrogen) atoms. The van der Waals surface area contributed by atoms with E-state index in [-0.39, 0.29) is 11.8 Å². The summed E-state index contributed by atoms with van der Waals surface area (Å²) in [5.74, 6) is 1.39. The number of aromatic nitrogens is 5. The van der Waals surface area contributed by atoms with Gasteiger partial charge in [0.2, 0.25) is 5.95 Å². The molecule has 0 amide bonds. The molecule has 8 nitrogen and oxygen atoms in total. The van der Waals surface area contributed by atoms with Crippen molar-refractivity contribution in [3.63, 3.8) is 0 Å². The van der Waals surface area contributed by atoms with Gasteiger partial charge in [-0.25, -0.2) is 4.98 Å². The van der Waals surface area contributed by atoms with Crippen LogP contribution in [0.1, 0.15) is 17.3 Å². The summed E-state index contributed by atoms with van der Waals surface area (Å²) < 4.78 is 1.78. The largest absolute Gasteiger partial charge is 0.337 e. The van der Waals surface area contributed by atoms with E-state index in [4.69, 9.17) is 5.10 Å². The van der Waals surface area contributed by atoms with Gasteiger partial charge in [-0.15, -0.1) is 5.10 Å². The molecule has 0 saturated carbocycles. The summed E-state index contributed by atoms with van der Waals surface area (Å²) in [7, 11) is 0. The highest BCUT2D eigenvalue weighted by molar-refractivity contribution is 5.99. The quantitative estimate of drug-likeness (QED) is 0.465. The summed E-state index contributed by atoms with van der Waals surface area (Å²) in [6, 6.07) is 15.2. The van der Waals surface area contributed by atoms with E-state index < -0.39 is 0 Å². The summed E-state index contributed by atoms with van der Waals surface area (Å²) in [6.07, 6.45) is 5.27. The van der Waals surface area contributed by atoms with E-state index in [2.05, 4.69) is 24.8 Å². The molecule has 0 spiro atoms. The number of anilines is 1. The second-order valence-corrected chi connectivity index (χ2v) is 7.62. The average Bonchev–Trinajstić information content (AvgIpc) is 3.29. The van der Waals surface area contributed by atoms with Crippen LogP contribution in [0.3, 0.4) is 0 Å². The van der Waals surface area contributed by atoms with Crippen molar-refractivity contribution in [1.29, 1.82) is 0 Å². The summed E-state index contributed by atoms with van der Waals surface area (Å²) in [5, 5.41) is 4.73. The fourth-order valence-electron chi connectivity index (χ4n) is 3.98. The van der Waals surface area contributed by atoms with Crippen LogP contribution in [-0.2, 0) is 0 Å². The van der Waals surface area contributed by atoms with E-state index in [9.17, 15) is 4.79 Å². The van der Waals surface area contributed by atoms with Crippen molar-refractivity contribution >= 4 is 17.5 Å². The SMILES string of the molecule is CC(C(=O)c1ccccc1)N1CCN(c2nc3nccc(-c4ccncc4)n3n2)CC1. The lowest BCUT2D eigenvalue weighted by molar-refractivity contribution is 0.0829. The molecule has 3 aromatic heterocycles. The number of carbonyl (C=O) groups is 1. The number of fused-ring (bicyclic) bond motifs is 1. The standard InChI is InChI=1S/C23H23N7O/c1-17(21(31)19-5-3-2-4-6-19)28-13-15-29(16-14-28)23-26-22-25-12-9-20(30(22)27-23)18-7-10-24-11-8-18/h2-12,17H,13-16H2,1H3. The monoisotopic (exact) mass is 413 g/mol. The summed E-state index contributed by atoms with van der Waals surface area (Å²) in [5.41, 5.74) is 2.69. The van der Waals surface area contributed by atoms with E-state index in [1.807, 2.05) is 55.5 Å². The Hall–Kier alpha value is -3.65. The summed E-state index contributed by atoms with van der Waals surface area (Å²) in [4.78, 5) is 30.3. The first-order chi connectivity index (χ1) is 15.2. The molecule has 1 unspecified atom stereocenters. The zero-order valence-electron chi connectivity index (χ0n) is 17.3. The topological polar surface area (TPSA) is 79.5 Å². The highest BCUT2D eigenvalue weighted by atomic mass is 16.1. The van der Waals surface area contributed by atoms with Crippen LogP contribution in [0.4, 0.5) is 5.95 Å². The van der Waals surface area contributed by atoms with Gasteiger partial charge in [0.1, 0.15) is 0 Å². The van der Waals surface area contributed by atoms with Gasteiger partial charge in [-0.3, -0.25) is 14.7 Å². The Kier molecular flexibility index (Phi) is 5.13. The maximum Gasteiger partial charge on any atom is 0.254 e. The number of piperazine rings is 1. The van der Waals surface area contributed by atoms with E-state index in [0.29, 0.717) is 11.7 Å². The molecular weight excluding hydrogens is 390 g/mol. The number of nitrogens with zero attached hydrogens (tertiary/aromatic N) is 7. The first-order valence-electron chi connectivity index (χ1n) is 10.4. The van der Waals surface area contributed by atoms with Crippen molar-refractivity contribution in [3.8, 4) is 11.3 Å². The molecule has 4 aromatic rings. The lowest BCUT2D eigenvalue weighted by atomic mass is 10.0. The van der Waals surface area contributed by atoms with Crippen LogP contribution in [0.15, 0.2) is 67.1 Å². The zero-order chi connectivity index (χ0) is 21.2. The van der Waals surface area contributed by atoms with Crippen LogP contribution >= 0.6 is 0 Å². The fraction of sp³-hybridized carbons (Fsp3) is 0.261. The van der Waals surface area contributed by atoms with Gasteiger partial charge >= 0.3 is 0 Å². The normalized spacial score (nSPS) is 15.8. The molecule has 156 valence electrons. The minimum absolute atomic E-state index is 0.154. The number of carbonyl (C=O) groups excluding carboxylic acids is 1. The van der Waals surface area contributed by atoms with Crippen molar-refractivity contribution in [1.82, 2.24) is 29.5 Å². The van der Waals surface area contributed by atoms with Gasteiger partial charge in [-0.1, -0.05) is 30.3 Å². The van der Waals surface area contributed by atoms with E-state index in [0.717, 1.165) is 43.0 Å². The van der Waals surface area contributed by atoms with Gasteiger partial charge in [0.05, 0.1) is 11.7 Å². The Balaban J connectivity index is 1.31. The second kappa shape index (κ2) is 8.23. The lowest BCUT2D eigenvalue weighted by Gasteiger charge is -2.37. The van der Waals surface area contributed by atoms with Gasteiger partial charge in [-0.2, -0.15) is 9.50 Å². The van der Waals surface area contributed by atoms with Gasteiger partial charge in [0.15, 0.2) is 5.78 Å². The number of hydrogen-bond donors (Lipinski definition) is 0. The third kappa shape index (κ3) is 3.77. The zero-order valence-corrected chi connectivity index (χ0v) is 17.3. The van der Waals surface area contributed by atoms with Crippen LogP contribution in [0, 0.1) is 0 Å². The number of ketones is 1. The maximum absolute atomic E-state index is 12.8. The molecule has 1 fully saturated rings. The molecule has 1 aromatic carbocycles. The van der Waals surface area contributed by atoms with Crippen LogP contribution in [0.5, 0.6) is 0 Å². The number of rotatable bonds is 5. The van der Waals surface area contributed by atoms with Crippen LogP contribution < -0.4 is 4.90 Å². The Morgan fingerprint density at radius 2 is 1.68 bits per heavy atom. The molecule has 1 aliphatic heterocycles. The molecule has 0 radical (unpaired) electrons. The average molecular weight is 413 g/mol. The number of Topliss-reactive ketones (excluding diaryl/α,β-unsaturated/α-hetero) is 1. The second-order valence-electron chi connectivity index (χ2n) is 7.62. The molecule has 0 aliphatic carbocycles. The first kappa shape index (κ1) is 19.3. The van der Waals surface area contributed by atoms with Gasteiger partial charge in [-0.05, 0) is 25.1 Å². The Labute approximate surface area is 180 Å². The molecule has 8 heteroatoms. The molecule has 1 saturated heterocycles. The minimum Gasteiger partial charge on any atom is -0.337 e. The van der Waals surface area contributed by atoms with Crippen LogP contribution in [-0.4, -0.2) is 67.5 Å². The number of benzene rings is 1. The summed E-state index contributed by atoms with van der Waals surface area (Å²) in [6.45, 7) is 5.06. The highest BCUT2D eigenvalue weighted by Crippen LogP contribution is 2.21. The van der Waals surface area contributed by atoms with Crippen LogP contribution in [0.2, 0.25) is 0 Å². The van der Waals surface area contributed by atoms with Crippen molar-refractivity contribution in [2.75, 3.05) is 31.1 Å². The third-order valence-electron chi connectivity index (χ3n) is 5.79. The predicted octanol–water partition coefficient (Wildman–Crippen LogP) is 2.58. The summed E-state index contributed by atoms with van der Waals surface area (Å²) >= 11 is 0. The van der Waals surface area contributed by atoms with Gasteiger partial charge < -0.3 is 4.90 Å². The Morgan fingerprint density at radius 1 is 0.935 bits per heavy atom. The van der Waals surface area contributed by atoms with E-state index in [1.54, 1.807) is 23.1 Å². The van der Waals surface area contributed by atoms with Crippen LogP contribution in [0.25, 0.3) is 17.0 Å². The van der Waals surface area contributed by atoms with Crippen molar-refractivity contribution in [3.05, 3.63) is 72.7 Å². The third-order valence-corrected chi connectivity index (χ3v) is 5.79. The smallest absolute Gasteiger partial charge is 0.254 e. The fourth-order valence-corrected chi connectivity index (χ4v) is 3.98. The van der Waals surface area contributed by atoms with E-state index >= 15 is 0 Å². The first-order valence-corrected chi connectivity index (χ1v) is 10.4. The van der Waals surface area contributed by atoms with Crippen molar-refractivity contribution in [2.24, 2.45) is 0 Å². The molecule has 1 aliphatic rings. The van der Waals surface area contributed by atoms with Gasteiger partial charge in [0, 0.05) is 55.9 Å². The molecule has 0 N–H and O–H groups in total. The maximum atomic E-state index is 12.8. The van der Waals surface area contributed by atoms with Crippen molar-refractivity contribution in [2.45, 2.75) is 13.0 Å². The Bertz CT molecular complexity index is 1180. The van der Waals surface area contributed by atoms with Crippen molar-refractivity contribution < 1.29 is 4.79 Å². The number of pyridine rings is 1. The Morgan fingerprint density at radius 3 is 2.42 bits per heavy atom.